The maximum absolute atomic E-state index is 13.9. The van der Waals surface area contributed by atoms with Crippen LogP contribution in [0.4, 0.5) is 10.1 Å². The summed E-state index contributed by atoms with van der Waals surface area (Å²) in [6, 6.07) is 13.6. The zero-order valence-corrected chi connectivity index (χ0v) is 16.9. The van der Waals surface area contributed by atoms with Gasteiger partial charge in [0.05, 0.1) is 23.3 Å². The van der Waals surface area contributed by atoms with Crippen molar-refractivity contribution in [1.82, 2.24) is 19.6 Å². The molecule has 156 valence electrons. The maximum Gasteiger partial charge on any atom is 0.293 e. The molecule has 5 rings (SSSR count). The van der Waals surface area contributed by atoms with Crippen molar-refractivity contribution in [2.75, 3.05) is 5.32 Å². The largest absolute Gasteiger partial charge is 0.322 e. The van der Waals surface area contributed by atoms with Crippen molar-refractivity contribution < 1.29 is 9.18 Å². The molecular formula is C23H20FN5O2. The van der Waals surface area contributed by atoms with Crippen molar-refractivity contribution in [1.29, 1.82) is 0 Å². The second-order valence-electron chi connectivity index (χ2n) is 7.76. The Hall–Kier alpha value is -3.81. The van der Waals surface area contributed by atoms with Crippen molar-refractivity contribution in [2.45, 2.75) is 32.2 Å². The summed E-state index contributed by atoms with van der Waals surface area (Å²) in [4.78, 5) is 25.9. The number of anilines is 1. The van der Waals surface area contributed by atoms with Gasteiger partial charge < -0.3 is 5.32 Å². The fraction of sp³-hybridized carbons (Fsp3) is 0.217. The van der Waals surface area contributed by atoms with Gasteiger partial charge in [0.1, 0.15) is 17.9 Å². The number of nitrogens with zero attached hydrogens (tertiary/aromatic N) is 4. The first-order valence-electron chi connectivity index (χ1n) is 10.1. The first-order valence-corrected chi connectivity index (χ1v) is 10.1. The Labute approximate surface area is 177 Å². The number of fused-ring (bicyclic) bond motifs is 1. The Morgan fingerprint density at radius 3 is 2.65 bits per heavy atom. The fourth-order valence-electron chi connectivity index (χ4n) is 3.73. The molecule has 0 atom stereocenters. The van der Waals surface area contributed by atoms with E-state index in [0.717, 1.165) is 34.5 Å². The highest BCUT2D eigenvalue weighted by Gasteiger charge is 2.30. The van der Waals surface area contributed by atoms with Gasteiger partial charge in [-0.25, -0.2) is 13.8 Å². The average Bonchev–Trinajstić information content (AvgIpc) is 3.50. The van der Waals surface area contributed by atoms with Crippen LogP contribution in [0.5, 0.6) is 0 Å². The lowest BCUT2D eigenvalue weighted by molar-refractivity contribution is -0.117. The van der Waals surface area contributed by atoms with E-state index in [1.807, 2.05) is 31.2 Å². The van der Waals surface area contributed by atoms with Crippen molar-refractivity contribution >= 4 is 22.5 Å². The third-order valence-electron chi connectivity index (χ3n) is 5.46. The van der Waals surface area contributed by atoms with Gasteiger partial charge in [0.2, 0.25) is 5.91 Å². The topological polar surface area (TPSA) is 81.8 Å². The van der Waals surface area contributed by atoms with E-state index in [2.05, 4.69) is 15.5 Å². The highest BCUT2D eigenvalue weighted by molar-refractivity contribution is 5.91. The third kappa shape index (κ3) is 3.50. The average molecular weight is 417 g/mol. The zero-order chi connectivity index (χ0) is 21.5. The standard InChI is InChI=1S/C23H20FN5O2/c1-14-6-2-5-9-19(14)29-22-16(12-25-29)21(15-10-11-15)27-28(23(22)31)13-20(30)26-18-8-4-3-7-17(18)24/h2-9,12,15H,10-11,13H2,1H3,(H,26,30). The number of aryl methyl sites for hydroxylation is 1. The summed E-state index contributed by atoms with van der Waals surface area (Å²) in [6.45, 7) is 1.63. The number of amides is 1. The molecule has 31 heavy (non-hydrogen) atoms. The van der Waals surface area contributed by atoms with E-state index in [4.69, 9.17) is 0 Å². The number of nitrogens with one attached hydrogen (secondary N) is 1. The van der Waals surface area contributed by atoms with E-state index >= 15 is 0 Å². The van der Waals surface area contributed by atoms with Crippen molar-refractivity contribution in [3.63, 3.8) is 0 Å². The minimum Gasteiger partial charge on any atom is -0.322 e. The van der Waals surface area contributed by atoms with Gasteiger partial charge in [0, 0.05) is 11.3 Å². The first-order chi connectivity index (χ1) is 15.0. The second kappa shape index (κ2) is 7.46. The minimum atomic E-state index is -0.539. The number of para-hydroxylation sites is 2. The summed E-state index contributed by atoms with van der Waals surface area (Å²) >= 11 is 0. The molecule has 1 fully saturated rings. The predicted molar refractivity (Wildman–Crippen MR) is 115 cm³/mol. The number of carbonyl (C=O) groups is 1. The highest BCUT2D eigenvalue weighted by Crippen LogP contribution is 2.41. The molecule has 1 N–H and O–H groups in total. The molecular weight excluding hydrogens is 397 g/mol. The Morgan fingerprint density at radius 2 is 1.90 bits per heavy atom. The highest BCUT2D eigenvalue weighted by atomic mass is 19.1. The summed E-state index contributed by atoms with van der Waals surface area (Å²) in [7, 11) is 0. The molecule has 2 heterocycles. The quantitative estimate of drug-likeness (QED) is 0.539. The van der Waals surface area contributed by atoms with E-state index in [-0.39, 0.29) is 18.2 Å². The Balaban J connectivity index is 1.59. The normalized spacial score (nSPS) is 13.5. The summed E-state index contributed by atoms with van der Waals surface area (Å²) in [5, 5.41) is 12.2. The van der Waals surface area contributed by atoms with Gasteiger partial charge >= 0.3 is 0 Å². The van der Waals surface area contributed by atoms with Crippen LogP contribution in [0.25, 0.3) is 16.6 Å². The lowest BCUT2D eigenvalue weighted by Gasteiger charge is -2.11. The molecule has 1 aliphatic rings. The second-order valence-corrected chi connectivity index (χ2v) is 7.76. The summed E-state index contributed by atoms with van der Waals surface area (Å²) < 4.78 is 16.7. The number of benzene rings is 2. The van der Waals surface area contributed by atoms with Crippen LogP contribution in [-0.2, 0) is 11.3 Å². The molecule has 1 aliphatic carbocycles. The van der Waals surface area contributed by atoms with Gasteiger partial charge in [0.25, 0.3) is 5.56 Å². The summed E-state index contributed by atoms with van der Waals surface area (Å²) in [5.41, 5.74) is 2.58. The molecule has 0 radical (unpaired) electrons. The van der Waals surface area contributed by atoms with Crippen LogP contribution in [0.2, 0.25) is 0 Å². The van der Waals surface area contributed by atoms with Gasteiger partial charge in [0.15, 0.2) is 0 Å². The number of carbonyl (C=O) groups excluding carboxylic acids is 1. The third-order valence-corrected chi connectivity index (χ3v) is 5.46. The van der Waals surface area contributed by atoms with Crippen molar-refractivity contribution in [3.8, 4) is 5.69 Å². The van der Waals surface area contributed by atoms with Crippen molar-refractivity contribution in [3.05, 3.63) is 82.2 Å². The fourth-order valence-corrected chi connectivity index (χ4v) is 3.73. The number of halogens is 1. The first kappa shape index (κ1) is 19.2. The maximum atomic E-state index is 13.9. The summed E-state index contributed by atoms with van der Waals surface area (Å²) in [6.07, 6.45) is 3.64. The van der Waals surface area contributed by atoms with E-state index < -0.39 is 17.3 Å². The molecule has 2 aromatic heterocycles. The van der Waals surface area contributed by atoms with Crippen LogP contribution < -0.4 is 10.9 Å². The number of hydrogen-bond donors (Lipinski definition) is 1. The van der Waals surface area contributed by atoms with Crippen molar-refractivity contribution in [2.24, 2.45) is 0 Å². The lowest BCUT2D eigenvalue weighted by Crippen LogP contribution is -2.31. The van der Waals surface area contributed by atoms with E-state index in [9.17, 15) is 14.0 Å². The number of rotatable bonds is 5. The molecule has 0 unspecified atom stereocenters. The van der Waals surface area contributed by atoms with Gasteiger partial charge in [-0.05, 0) is 43.5 Å². The monoisotopic (exact) mass is 417 g/mol. The number of hydrogen-bond acceptors (Lipinski definition) is 4. The minimum absolute atomic E-state index is 0.0639. The van der Waals surface area contributed by atoms with Crippen LogP contribution in [0.1, 0.15) is 30.0 Å². The van der Waals surface area contributed by atoms with E-state index in [1.165, 1.54) is 12.1 Å². The van der Waals surface area contributed by atoms with Gasteiger partial charge in [-0.1, -0.05) is 30.3 Å². The van der Waals surface area contributed by atoms with E-state index in [1.54, 1.807) is 23.0 Å². The Morgan fingerprint density at radius 1 is 1.16 bits per heavy atom. The molecule has 0 bridgehead atoms. The SMILES string of the molecule is Cc1ccccc1-n1ncc2c(C3CC3)nn(CC(=O)Nc3ccccc3F)c(=O)c21. The van der Waals surface area contributed by atoms with Gasteiger partial charge in [-0.2, -0.15) is 10.2 Å². The van der Waals surface area contributed by atoms with Crippen LogP contribution >= 0.6 is 0 Å². The molecule has 7 nitrogen and oxygen atoms in total. The molecule has 1 saturated carbocycles. The smallest absolute Gasteiger partial charge is 0.293 e. The molecule has 1 amide bonds. The van der Waals surface area contributed by atoms with Crippen LogP contribution in [-0.4, -0.2) is 25.5 Å². The molecule has 0 saturated heterocycles. The Bertz CT molecular complexity index is 1370. The number of aromatic nitrogens is 4. The van der Waals surface area contributed by atoms with Crippen LogP contribution in [0, 0.1) is 12.7 Å². The predicted octanol–water partition coefficient (Wildman–Crippen LogP) is 3.55. The van der Waals surface area contributed by atoms with E-state index in [0.29, 0.717) is 10.9 Å². The molecule has 2 aromatic carbocycles. The molecule has 4 aromatic rings. The lowest BCUT2D eigenvalue weighted by atomic mass is 10.2. The Kier molecular flexibility index (Phi) is 4.62. The molecule has 0 spiro atoms. The summed E-state index contributed by atoms with van der Waals surface area (Å²) in [5.74, 6) is -0.816. The van der Waals surface area contributed by atoms with Crippen LogP contribution in [0.15, 0.2) is 59.5 Å². The van der Waals surface area contributed by atoms with Crippen LogP contribution in [0.3, 0.4) is 0 Å². The van der Waals surface area contributed by atoms with Gasteiger partial charge in [-0.3, -0.25) is 9.59 Å². The van der Waals surface area contributed by atoms with Gasteiger partial charge in [-0.15, -0.1) is 0 Å². The molecule has 8 heteroatoms. The zero-order valence-electron chi connectivity index (χ0n) is 16.9. The molecule has 0 aliphatic heterocycles.